The van der Waals surface area contributed by atoms with Crippen molar-refractivity contribution in [3.05, 3.63) is 29.6 Å². The maximum absolute atomic E-state index is 12.8. The van der Waals surface area contributed by atoms with Crippen LogP contribution in [0.5, 0.6) is 0 Å². The fourth-order valence-corrected chi connectivity index (χ4v) is 1.88. The number of carbonyl (C=O) groups excluding carboxylic acids is 1. The average molecular weight is 260 g/mol. The maximum atomic E-state index is 12.8. The number of carbonyl (C=O) groups is 1. The molecular weight excluding hydrogens is 249 g/mol. The van der Waals surface area contributed by atoms with E-state index in [0.717, 1.165) is 18.5 Å². The standard InChI is InChI=1S/C11H11F3N2O2/c12-11(13,14)8-1-2-16-3-6(8)10(17)7-4-18-5-9(7)15/h1-3,7,9H,4-5,15H2. The first-order chi connectivity index (χ1) is 8.41. The van der Waals surface area contributed by atoms with E-state index >= 15 is 0 Å². The number of Topliss-reactive ketones (excluding diaryl/α,β-unsaturated/α-hetero) is 1. The van der Waals surface area contributed by atoms with E-state index in [-0.39, 0.29) is 13.2 Å². The number of nitrogens with zero attached hydrogens (tertiary/aromatic N) is 1. The molecule has 2 unspecified atom stereocenters. The van der Waals surface area contributed by atoms with E-state index < -0.39 is 35.0 Å². The number of hydrogen-bond acceptors (Lipinski definition) is 4. The molecule has 1 fully saturated rings. The molecule has 2 heterocycles. The van der Waals surface area contributed by atoms with E-state index in [9.17, 15) is 18.0 Å². The van der Waals surface area contributed by atoms with Gasteiger partial charge in [0, 0.05) is 24.0 Å². The minimum absolute atomic E-state index is 0.0478. The van der Waals surface area contributed by atoms with Gasteiger partial charge in [-0.1, -0.05) is 0 Å². The molecule has 2 atom stereocenters. The first kappa shape index (κ1) is 13.0. The molecule has 0 bridgehead atoms. The Kier molecular flexibility index (Phi) is 3.36. The molecule has 98 valence electrons. The lowest BCUT2D eigenvalue weighted by molar-refractivity contribution is -0.138. The summed E-state index contributed by atoms with van der Waals surface area (Å²) >= 11 is 0. The van der Waals surface area contributed by atoms with Crippen molar-refractivity contribution in [2.24, 2.45) is 11.7 Å². The molecule has 0 aliphatic carbocycles. The van der Waals surface area contributed by atoms with Gasteiger partial charge in [0.15, 0.2) is 5.78 Å². The summed E-state index contributed by atoms with van der Waals surface area (Å²) in [4.78, 5) is 15.6. The summed E-state index contributed by atoms with van der Waals surface area (Å²) in [5.41, 5.74) is 4.20. The third-order valence-electron chi connectivity index (χ3n) is 2.85. The Bertz CT molecular complexity index is 462. The molecule has 0 aromatic carbocycles. The molecule has 0 spiro atoms. The number of alkyl halides is 3. The predicted octanol–water partition coefficient (Wildman–Crippen LogP) is 1.26. The molecule has 2 N–H and O–H groups in total. The van der Waals surface area contributed by atoms with Crippen molar-refractivity contribution in [2.45, 2.75) is 12.2 Å². The Balaban J connectivity index is 2.36. The average Bonchev–Trinajstić information content (AvgIpc) is 2.73. The van der Waals surface area contributed by atoms with Gasteiger partial charge in [-0.05, 0) is 6.07 Å². The van der Waals surface area contributed by atoms with E-state index in [4.69, 9.17) is 10.5 Å². The van der Waals surface area contributed by atoms with Crippen LogP contribution in [-0.2, 0) is 10.9 Å². The van der Waals surface area contributed by atoms with Gasteiger partial charge in [0.05, 0.1) is 24.7 Å². The van der Waals surface area contributed by atoms with E-state index in [2.05, 4.69) is 4.98 Å². The minimum atomic E-state index is -4.59. The van der Waals surface area contributed by atoms with Crippen LogP contribution in [0.4, 0.5) is 13.2 Å². The molecule has 1 aliphatic rings. The molecule has 1 saturated heterocycles. The second-order valence-corrected chi connectivity index (χ2v) is 4.09. The number of halogens is 3. The highest BCUT2D eigenvalue weighted by Gasteiger charge is 2.39. The number of pyridine rings is 1. The third-order valence-corrected chi connectivity index (χ3v) is 2.85. The van der Waals surface area contributed by atoms with Crippen LogP contribution in [0.25, 0.3) is 0 Å². The number of hydrogen-bond donors (Lipinski definition) is 1. The summed E-state index contributed by atoms with van der Waals surface area (Å²) in [7, 11) is 0. The van der Waals surface area contributed by atoms with Crippen LogP contribution >= 0.6 is 0 Å². The number of ether oxygens (including phenoxy) is 1. The third kappa shape index (κ3) is 2.37. The number of ketones is 1. The minimum Gasteiger partial charge on any atom is -0.379 e. The van der Waals surface area contributed by atoms with Gasteiger partial charge in [0.1, 0.15) is 0 Å². The van der Waals surface area contributed by atoms with Gasteiger partial charge < -0.3 is 10.5 Å². The molecular formula is C11H11F3N2O2. The Morgan fingerprint density at radius 1 is 1.44 bits per heavy atom. The van der Waals surface area contributed by atoms with Crippen LogP contribution in [0.2, 0.25) is 0 Å². The summed E-state index contributed by atoms with van der Waals surface area (Å²) in [5, 5.41) is 0. The van der Waals surface area contributed by atoms with Crippen molar-refractivity contribution in [1.29, 1.82) is 0 Å². The van der Waals surface area contributed by atoms with Gasteiger partial charge in [-0.15, -0.1) is 0 Å². The molecule has 2 rings (SSSR count). The van der Waals surface area contributed by atoms with Crippen molar-refractivity contribution >= 4 is 5.78 Å². The van der Waals surface area contributed by atoms with Crippen LogP contribution in [0.1, 0.15) is 15.9 Å². The lowest BCUT2D eigenvalue weighted by Crippen LogP contribution is -2.35. The van der Waals surface area contributed by atoms with Crippen LogP contribution in [0, 0.1) is 5.92 Å². The van der Waals surface area contributed by atoms with Gasteiger partial charge in [-0.25, -0.2) is 0 Å². The largest absolute Gasteiger partial charge is 0.417 e. The van der Waals surface area contributed by atoms with Crippen LogP contribution in [0.15, 0.2) is 18.5 Å². The van der Waals surface area contributed by atoms with Gasteiger partial charge in [-0.3, -0.25) is 9.78 Å². The predicted molar refractivity (Wildman–Crippen MR) is 55.9 cm³/mol. The molecule has 1 aliphatic heterocycles. The maximum Gasteiger partial charge on any atom is 0.417 e. The number of aromatic nitrogens is 1. The molecule has 1 aromatic heterocycles. The number of rotatable bonds is 2. The van der Waals surface area contributed by atoms with Crippen molar-refractivity contribution in [3.63, 3.8) is 0 Å². The Hall–Kier alpha value is -1.47. The molecule has 0 radical (unpaired) electrons. The van der Waals surface area contributed by atoms with Crippen molar-refractivity contribution in [1.82, 2.24) is 4.98 Å². The Morgan fingerprint density at radius 2 is 2.17 bits per heavy atom. The molecule has 7 heteroatoms. The van der Waals surface area contributed by atoms with Crippen LogP contribution < -0.4 is 5.73 Å². The van der Waals surface area contributed by atoms with Crippen LogP contribution in [-0.4, -0.2) is 30.0 Å². The fraction of sp³-hybridized carbons (Fsp3) is 0.455. The van der Waals surface area contributed by atoms with Crippen LogP contribution in [0.3, 0.4) is 0 Å². The van der Waals surface area contributed by atoms with Gasteiger partial charge in [0.2, 0.25) is 0 Å². The Morgan fingerprint density at radius 3 is 2.72 bits per heavy atom. The van der Waals surface area contributed by atoms with E-state index in [0.29, 0.717) is 0 Å². The SMILES string of the molecule is NC1COCC1C(=O)c1cnccc1C(F)(F)F. The molecule has 4 nitrogen and oxygen atoms in total. The molecule has 0 saturated carbocycles. The summed E-state index contributed by atoms with van der Waals surface area (Å²) in [6.45, 7) is 0.226. The summed E-state index contributed by atoms with van der Waals surface area (Å²) < 4.78 is 43.2. The van der Waals surface area contributed by atoms with Crippen molar-refractivity contribution in [3.8, 4) is 0 Å². The topological polar surface area (TPSA) is 65.2 Å². The lowest BCUT2D eigenvalue weighted by Gasteiger charge is -2.15. The molecule has 18 heavy (non-hydrogen) atoms. The zero-order chi connectivity index (χ0) is 13.3. The monoisotopic (exact) mass is 260 g/mol. The lowest BCUT2D eigenvalue weighted by atomic mass is 9.92. The summed E-state index contributed by atoms with van der Waals surface area (Å²) in [6.07, 6.45) is -2.65. The highest BCUT2D eigenvalue weighted by molar-refractivity contribution is 5.99. The first-order valence-electron chi connectivity index (χ1n) is 5.30. The second kappa shape index (κ2) is 4.66. The smallest absolute Gasteiger partial charge is 0.379 e. The van der Waals surface area contributed by atoms with Gasteiger partial charge in [-0.2, -0.15) is 13.2 Å². The summed E-state index contributed by atoms with van der Waals surface area (Å²) in [6, 6.07) is 0.216. The normalized spacial score (nSPS) is 24.2. The van der Waals surface area contributed by atoms with E-state index in [1.807, 2.05) is 0 Å². The van der Waals surface area contributed by atoms with Crippen molar-refractivity contribution in [2.75, 3.05) is 13.2 Å². The zero-order valence-corrected chi connectivity index (χ0v) is 9.28. The molecule has 1 aromatic rings. The van der Waals surface area contributed by atoms with Gasteiger partial charge in [0.25, 0.3) is 0 Å². The highest BCUT2D eigenvalue weighted by Crippen LogP contribution is 2.33. The van der Waals surface area contributed by atoms with Gasteiger partial charge >= 0.3 is 6.18 Å². The molecule has 0 amide bonds. The fourth-order valence-electron chi connectivity index (χ4n) is 1.88. The van der Waals surface area contributed by atoms with Crippen molar-refractivity contribution < 1.29 is 22.7 Å². The van der Waals surface area contributed by atoms with E-state index in [1.54, 1.807) is 0 Å². The highest BCUT2D eigenvalue weighted by atomic mass is 19.4. The van der Waals surface area contributed by atoms with E-state index in [1.165, 1.54) is 0 Å². The second-order valence-electron chi connectivity index (χ2n) is 4.09. The summed E-state index contributed by atoms with van der Waals surface area (Å²) in [5.74, 6) is -1.41. The zero-order valence-electron chi connectivity index (χ0n) is 9.28. The quantitative estimate of drug-likeness (QED) is 0.813. The number of nitrogens with two attached hydrogens (primary N) is 1. The Labute approximate surface area is 101 Å². The first-order valence-corrected chi connectivity index (χ1v) is 5.30.